The Kier molecular flexibility index (Phi) is 6.22. The largest absolute Gasteiger partial charge is 0.460 e. The first-order valence-corrected chi connectivity index (χ1v) is 11.0. The molecule has 0 saturated heterocycles. The summed E-state index contributed by atoms with van der Waals surface area (Å²) in [4.78, 5) is 12.1. The van der Waals surface area contributed by atoms with E-state index in [1.54, 1.807) is 19.9 Å². The molecule has 0 amide bonds. The molecule has 0 saturated carbocycles. The second-order valence-electron chi connectivity index (χ2n) is 6.21. The number of fused-ring (bicyclic) bond motifs is 1. The summed E-state index contributed by atoms with van der Waals surface area (Å²) in [5.41, 5.74) is 2.03. The number of nitrogens with one attached hydrogen (secondary N) is 1. The highest BCUT2D eigenvalue weighted by Crippen LogP contribution is 2.28. The number of furan rings is 1. The summed E-state index contributed by atoms with van der Waals surface area (Å²) in [6, 6.07) is 12.2. The quantitative estimate of drug-likeness (QED) is 0.528. The van der Waals surface area contributed by atoms with Crippen LogP contribution in [0.2, 0.25) is 0 Å². The lowest BCUT2D eigenvalue weighted by atomic mass is 10.1. The zero-order chi connectivity index (χ0) is 20.3. The number of carbonyl (C=O) groups excluding carboxylic acids is 1. The molecule has 1 aromatic heterocycles. The van der Waals surface area contributed by atoms with Crippen LogP contribution < -0.4 is 4.72 Å². The molecular formula is C20H20BrNO5S. The second-order valence-corrected chi connectivity index (χ2v) is 8.89. The van der Waals surface area contributed by atoms with Crippen LogP contribution in [0.3, 0.4) is 0 Å². The van der Waals surface area contributed by atoms with Crippen LogP contribution >= 0.6 is 15.9 Å². The Hall–Kier alpha value is -2.16. The molecule has 3 aromatic rings. The highest BCUT2D eigenvalue weighted by molar-refractivity contribution is 9.10. The Bertz CT molecular complexity index is 1100. The minimum absolute atomic E-state index is 0.0922. The first-order valence-electron chi connectivity index (χ1n) is 8.76. The molecule has 1 heterocycles. The Morgan fingerprint density at radius 3 is 2.57 bits per heavy atom. The number of hydrogen-bond acceptors (Lipinski definition) is 5. The molecule has 1 N–H and O–H groups in total. The maximum atomic E-state index is 12.6. The maximum absolute atomic E-state index is 12.6. The molecule has 148 valence electrons. The Labute approximate surface area is 172 Å². The van der Waals surface area contributed by atoms with Crippen LogP contribution in [0.1, 0.15) is 28.6 Å². The molecule has 3 rings (SSSR count). The van der Waals surface area contributed by atoms with E-state index in [4.69, 9.17) is 9.15 Å². The van der Waals surface area contributed by atoms with Crippen molar-refractivity contribution in [3.8, 4) is 0 Å². The van der Waals surface area contributed by atoms with E-state index in [-0.39, 0.29) is 23.8 Å². The van der Waals surface area contributed by atoms with E-state index in [0.29, 0.717) is 23.0 Å². The van der Waals surface area contributed by atoms with Gasteiger partial charge in [-0.1, -0.05) is 28.1 Å². The maximum Gasteiger partial charge on any atom is 0.374 e. The lowest BCUT2D eigenvalue weighted by Gasteiger charge is -2.07. The number of esters is 1. The fourth-order valence-electron chi connectivity index (χ4n) is 2.82. The van der Waals surface area contributed by atoms with Crippen molar-refractivity contribution in [3.05, 3.63) is 63.8 Å². The normalized spacial score (nSPS) is 11.7. The van der Waals surface area contributed by atoms with E-state index in [9.17, 15) is 13.2 Å². The van der Waals surface area contributed by atoms with E-state index < -0.39 is 16.0 Å². The van der Waals surface area contributed by atoms with Gasteiger partial charge in [0.2, 0.25) is 15.8 Å². The summed E-state index contributed by atoms with van der Waals surface area (Å²) in [5.74, 6) is -0.470. The predicted octanol–water partition coefficient (Wildman–Crippen LogP) is 4.20. The molecule has 2 aromatic carbocycles. The van der Waals surface area contributed by atoms with Gasteiger partial charge in [0.15, 0.2) is 0 Å². The van der Waals surface area contributed by atoms with Gasteiger partial charge in [-0.25, -0.2) is 17.9 Å². The molecule has 28 heavy (non-hydrogen) atoms. The van der Waals surface area contributed by atoms with Crippen molar-refractivity contribution in [3.63, 3.8) is 0 Å². The molecule has 0 spiro atoms. The van der Waals surface area contributed by atoms with Crippen LogP contribution in [0.15, 0.2) is 56.2 Å². The van der Waals surface area contributed by atoms with Gasteiger partial charge in [0.1, 0.15) is 5.58 Å². The number of rotatable bonds is 7. The van der Waals surface area contributed by atoms with Gasteiger partial charge in [-0.15, -0.1) is 0 Å². The van der Waals surface area contributed by atoms with Gasteiger partial charge in [-0.05, 0) is 56.2 Å². The highest BCUT2D eigenvalue weighted by atomic mass is 79.9. The summed E-state index contributed by atoms with van der Waals surface area (Å²) in [6.07, 6.45) is 0.576. The second kappa shape index (κ2) is 8.46. The Morgan fingerprint density at radius 2 is 1.89 bits per heavy atom. The molecule has 0 aliphatic heterocycles. The van der Waals surface area contributed by atoms with Crippen LogP contribution in [-0.4, -0.2) is 27.5 Å². The molecule has 6 nitrogen and oxygen atoms in total. The van der Waals surface area contributed by atoms with Gasteiger partial charge in [-0.3, -0.25) is 0 Å². The van der Waals surface area contributed by atoms with Gasteiger partial charge in [0.05, 0.1) is 11.5 Å². The van der Waals surface area contributed by atoms with E-state index >= 15 is 0 Å². The summed E-state index contributed by atoms with van der Waals surface area (Å²) in [6.45, 7) is 3.92. The third kappa shape index (κ3) is 4.45. The zero-order valence-corrected chi connectivity index (χ0v) is 17.9. The molecule has 0 unspecified atom stereocenters. The first-order chi connectivity index (χ1) is 13.3. The van der Waals surface area contributed by atoms with Gasteiger partial charge in [-0.2, -0.15) is 0 Å². The van der Waals surface area contributed by atoms with E-state index in [1.807, 2.05) is 24.3 Å². The number of halogens is 1. The average molecular weight is 466 g/mol. The third-order valence-corrected chi connectivity index (χ3v) is 6.29. The molecule has 8 heteroatoms. The number of ether oxygens (including phenoxy) is 1. The fourth-order valence-corrected chi connectivity index (χ4v) is 4.14. The van der Waals surface area contributed by atoms with E-state index in [1.165, 1.54) is 12.1 Å². The monoisotopic (exact) mass is 465 g/mol. The average Bonchev–Trinajstić information content (AvgIpc) is 3.00. The van der Waals surface area contributed by atoms with E-state index in [2.05, 4.69) is 20.7 Å². The standard InChI is InChI=1S/C20H20BrNO5S/c1-3-26-20(23)19-13(2)17-12-16(8-9-18(17)27-19)28(24,25)22-11-10-14-4-6-15(21)7-5-14/h4-9,12,22H,3,10-11H2,1-2H3. The van der Waals surface area contributed by atoms with Crippen LogP contribution in [-0.2, 0) is 21.2 Å². The Morgan fingerprint density at radius 1 is 1.18 bits per heavy atom. The lowest BCUT2D eigenvalue weighted by Crippen LogP contribution is -2.26. The summed E-state index contributed by atoms with van der Waals surface area (Å²) in [7, 11) is -3.69. The minimum Gasteiger partial charge on any atom is -0.460 e. The summed E-state index contributed by atoms with van der Waals surface area (Å²) < 4.78 is 39.4. The SMILES string of the molecule is CCOC(=O)c1oc2ccc(S(=O)(=O)NCCc3ccc(Br)cc3)cc2c1C. The van der Waals surface area contributed by atoms with Crippen molar-refractivity contribution in [2.24, 2.45) is 0 Å². The molecule has 0 aliphatic carbocycles. The smallest absolute Gasteiger partial charge is 0.374 e. The van der Waals surface area contributed by atoms with Crippen molar-refractivity contribution in [2.45, 2.75) is 25.2 Å². The highest BCUT2D eigenvalue weighted by Gasteiger charge is 2.21. The fraction of sp³-hybridized carbons (Fsp3) is 0.250. The number of aryl methyl sites for hydroxylation is 1. The molecule has 0 radical (unpaired) electrons. The van der Waals surface area contributed by atoms with Crippen molar-refractivity contribution in [1.29, 1.82) is 0 Å². The molecular weight excluding hydrogens is 446 g/mol. The van der Waals surface area contributed by atoms with E-state index in [0.717, 1.165) is 10.0 Å². The van der Waals surface area contributed by atoms with Crippen molar-refractivity contribution < 1.29 is 22.4 Å². The number of benzene rings is 2. The van der Waals surface area contributed by atoms with Gasteiger partial charge < -0.3 is 9.15 Å². The molecule has 0 bridgehead atoms. The lowest BCUT2D eigenvalue weighted by molar-refractivity contribution is 0.0491. The van der Waals surface area contributed by atoms with Crippen LogP contribution in [0.25, 0.3) is 11.0 Å². The third-order valence-electron chi connectivity index (χ3n) is 4.30. The van der Waals surface area contributed by atoms with Gasteiger partial charge >= 0.3 is 5.97 Å². The molecule has 0 atom stereocenters. The topological polar surface area (TPSA) is 85.6 Å². The Balaban J connectivity index is 1.78. The van der Waals surface area contributed by atoms with Crippen molar-refractivity contribution in [2.75, 3.05) is 13.2 Å². The molecule has 0 aliphatic rings. The van der Waals surface area contributed by atoms with Crippen LogP contribution in [0, 0.1) is 6.92 Å². The zero-order valence-electron chi connectivity index (χ0n) is 15.5. The minimum atomic E-state index is -3.69. The van der Waals surface area contributed by atoms with Crippen molar-refractivity contribution in [1.82, 2.24) is 4.72 Å². The predicted molar refractivity (Wildman–Crippen MR) is 110 cm³/mol. The van der Waals surface area contributed by atoms with Crippen LogP contribution in [0.4, 0.5) is 0 Å². The number of hydrogen-bond donors (Lipinski definition) is 1. The number of carbonyl (C=O) groups is 1. The molecule has 0 fully saturated rings. The van der Waals surface area contributed by atoms with Gasteiger partial charge in [0.25, 0.3) is 0 Å². The van der Waals surface area contributed by atoms with Gasteiger partial charge in [0, 0.05) is 22.0 Å². The number of sulfonamides is 1. The summed E-state index contributed by atoms with van der Waals surface area (Å²) >= 11 is 3.37. The van der Waals surface area contributed by atoms with Crippen molar-refractivity contribution >= 4 is 42.9 Å². The first kappa shape index (κ1) is 20.6. The summed E-state index contributed by atoms with van der Waals surface area (Å²) in [5, 5.41) is 0.568. The van der Waals surface area contributed by atoms with Crippen LogP contribution in [0.5, 0.6) is 0 Å².